The number of nitrogens with one attached hydrogen (secondary N) is 2. The van der Waals surface area contributed by atoms with E-state index >= 15 is 0 Å². The number of H-pyrrole nitrogens is 1. The van der Waals surface area contributed by atoms with Crippen LogP contribution in [0.3, 0.4) is 0 Å². The molecule has 0 bridgehead atoms. The molecule has 2 aliphatic heterocycles. The van der Waals surface area contributed by atoms with Crippen LogP contribution in [0.25, 0.3) is 0 Å². The van der Waals surface area contributed by atoms with E-state index in [2.05, 4.69) is 34.3 Å². The number of rotatable bonds is 5. The molecule has 0 aliphatic carbocycles. The zero-order chi connectivity index (χ0) is 17.6. The summed E-state index contributed by atoms with van der Waals surface area (Å²) in [5.41, 5.74) is 1.15. The first kappa shape index (κ1) is 18.2. The van der Waals surface area contributed by atoms with E-state index in [1.54, 1.807) is 6.20 Å². The fourth-order valence-electron chi connectivity index (χ4n) is 4.25. The van der Waals surface area contributed by atoms with Gasteiger partial charge in [0.15, 0.2) is 0 Å². The maximum atomic E-state index is 12.6. The van der Waals surface area contributed by atoms with Crippen molar-refractivity contribution >= 4 is 6.03 Å². The third-order valence-corrected chi connectivity index (χ3v) is 5.44. The number of piperidine rings is 2. The van der Waals surface area contributed by atoms with Gasteiger partial charge in [0.1, 0.15) is 0 Å². The van der Waals surface area contributed by atoms with Crippen molar-refractivity contribution in [2.45, 2.75) is 45.4 Å². The minimum atomic E-state index is 0.102. The number of carbonyl (C=O) groups is 1. The predicted molar refractivity (Wildman–Crippen MR) is 99.5 cm³/mol. The number of likely N-dealkylation sites (tertiary alicyclic amines) is 2. The zero-order valence-corrected chi connectivity index (χ0v) is 15.7. The number of nitrogens with zero attached hydrogens (tertiary/aromatic N) is 3. The van der Waals surface area contributed by atoms with Gasteiger partial charge in [-0.15, -0.1) is 0 Å². The van der Waals surface area contributed by atoms with Crippen LogP contribution < -0.4 is 5.32 Å². The van der Waals surface area contributed by atoms with Crippen molar-refractivity contribution < 1.29 is 4.79 Å². The van der Waals surface area contributed by atoms with Gasteiger partial charge in [-0.2, -0.15) is 5.10 Å². The number of urea groups is 1. The van der Waals surface area contributed by atoms with Crippen LogP contribution in [0.1, 0.15) is 51.1 Å². The van der Waals surface area contributed by atoms with Crippen LogP contribution in [0, 0.1) is 11.8 Å². The summed E-state index contributed by atoms with van der Waals surface area (Å²) < 4.78 is 0. The van der Waals surface area contributed by atoms with Crippen LogP contribution in [0.2, 0.25) is 0 Å². The van der Waals surface area contributed by atoms with Crippen molar-refractivity contribution in [1.82, 2.24) is 25.3 Å². The molecule has 2 saturated heterocycles. The largest absolute Gasteiger partial charge is 0.338 e. The number of aromatic amines is 1. The SMILES string of the molecule is CC(C)CN1CCC[C@@H](CNC(=O)N2CCC[C@H](c3ccn[nH]3)C2)C1. The first-order valence-corrected chi connectivity index (χ1v) is 9.86. The molecule has 0 saturated carbocycles. The predicted octanol–water partition coefficient (Wildman–Crippen LogP) is 2.67. The highest BCUT2D eigenvalue weighted by Gasteiger charge is 2.26. The maximum Gasteiger partial charge on any atom is 0.317 e. The lowest BCUT2D eigenvalue weighted by Crippen LogP contribution is -2.48. The summed E-state index contributed by atoms with van der Waals surface area (Å²) in [6, 6.07) is 2.13. The molecule has 3 rings (SSSR count). The van der Waals surface area contributed by atoms with Crippen LogP contribution in [-0.4, -0.2) is 65.3 Å². The second-order valence-electron chi connectivity index (χ2n) is 8.14. The molecule has 25 heavy (non-hydrogen) atoms. The monoisotopic (exact) mass is 347 g/mol. The second kappa shape index (κ2) is 8.70. The van der Waals surface area contributed by atoms with E-state index in [-0.39, 0.29) is 6.03 Å². The Morgan fingerprint density at radius 3 is 2.92 bits per heavy atom. The summed E-state index contributed by atoms with van der Waals surface area (Å²) in [6.45, 7) is 10.5. The zero-order valence-electron chi connectivity index (χ0n) is 15.7. The molecule has 2 amide bonds. The molecule has 140 valence electrons. The van der Waals surface area contributed by atoms with Gasteiger partial charge in [-0.25, -0.2) is 4.79 Å². The Morgan fingerprint density at radius 2 is 2.16 bits per heavy atom. The van der Waals surface area contributed by atoms with E-state index in [1.165, 1.54) is 25.9 Å². The molecule has 0 unspecified atom stereocenters. The minimum Gasteiger partial charge on any atom is -0.338 e. The lowest BCUT2D eigenvalue weighted by molar-refractivity contribution is 0.149. The number of amides is 2. The first-order valence-electron chi connectivity index (χ1n) is 9.86. The van der Waals surface area contributed by atoms with Crippen molar-refractivity contribution in [2.24, 2.45) is 11.8 Å². The van der Waals surface area contributed by atoms with Gasteiger partial charge in [0.2, 0.25) is 0 Å². The summed E-state index contributed by atoms with van der Waals surface area (Å²) in [5.74, 6) is 1.68. The highest BCUT2D eigenvalue weighted by molar-refractivity contribution is 5.74. The second-order valence-corrected chi connectivity index (χ2v) is 8.14. The van der Waals surface area contributed by atoms with E-state index in [0.717, 1.165) is 44.7 Å². The Morgan fingerprint density at radius 1 is 1.32 bits per heavy atom. The van der Waals surface area contributed by atoms with E-state index in [4.69, 9.17) is 0 Å². The molecule has 1 aromatic rings. The molecule has 2 fully saturated rings. The molecule has 2 aliphatic rings. The first-order chi connectivity index (χ1) is 12.1. The summed E-state index contributed by atoms with van der Waals surface area (Å²) in [5, 5.41) is 10.3. The third kappa shape index (κ3) is 5.21. The summed E-state index contributed by atoms with van der Waals surface area (Å²) in [7, 11) is 0. The van der Waals surface area contributed by atoms with Crippen LogP contribution >= 0.6 is 0 Å². The van der Waals surface area contributed by atoms with Gasteiger partial charge in [0.05, 0.1) is 0 Å². The molecule has 0 radical (unpaired) electrons. The number of carbonyl (C=O) groups excluding carboxylic acids is 1. The Balaban J connectivity index is 1.44. The smallest absolute Gasteiger partial charge is 0.317 e. The number of hydrogen-bond donors (Lipinski definition) is 2. The van der Waals surface area contributed by atoms with Gasteiger partial charge in [-0.05, 0) is 50.1 Å². The van der Waals surface area contributed by atoms with Gasteiger partial charge in [0, 0.05) is 50.5 Å². The molecular weight excluding hydrogens is 314 g/mol. The Labute approximate surface area is 151 Å². The lowest BCUT2D eigenvalue weighted by Gasteiger charge is -2.35. The Kier molecular flexibility index (Phi) is 6.34. The van der Waals surface area contributed by atoms with Crippen molar-refractivity contribution in [2.75, 3.05) is 39.3 Å². The summed E-state index contributed by atoms with van der Waals surface area (Å²) in [6.07, 6.45) is 6.45. The summed E-state index contributed by atoms with van der Waals surface area (Å²) in [4.78, 5) is 17.1. The van der Waals surface area contributed by atoms with E-state index in [9.17, 15) is 4.79 Å². The average Bonchev–Trinajstić information content (AvgIpc) is 3.14. The van der Waals surface area contributed by atoms with E-state index in [0.29, 0.717) is 17.8 Å². The molecule has 0 spiro atoms. The highest BCUT2D eigenvalue weighted by Crippen LogP contribution is 2.25. The van der Waals surface area contributed by atoms with E-state index < -0.39 is 0 Å². The van der Waals surface area contributed by atoms with E-state index in [1.807, 2.05) is 11.0 Å². The topological polar surface area (TPSA) is 64.3 Å². The normalized spacial score (nSPS) is 25.3. The summed E-state index contributed by atoms with van der Waals surface area (Å²) >= 11 is 0. The van der Waals surface area contributed by atoms with Crippen molar-refractivity contribution in [3.05, 3.63) is 18.0 Å². The standard InChI is InChI=1S/C19H33N5O/c1-15(2)12-23-9-3-5-16(13-23)11-20-19(25)24-10-4-6-17(14-24)18-7-8-21-22-18/h7-8,15-17H,3-6,9-14H2,1-2H3,(H,20,25)(H,21,22)/t16-,17-/m0/s1. The minimum absolute atomic E-state index is 0.102. The van der Waals surface area contributed by atoms with Gasteiger partial charge in [-0.3, -0.25) is 5.10 Å². The third-order valence-electron chi connectivity index (χ3n) is 5.44. The Bertz CT molecular complexity index is 530. The fourth-order valence-corrected chi connectivity index (χ4v) is 4.25. The molecule has 6 heteroatoms. The number of aromatic nitrogens is 2. The quantitative estimate of drug-likeness (QED) is 0.861. The molecule has 1 aromatic heterocycles. The molecule has 6 nitrogen and oxygen atoms in total. The van der Waals surface area contributed by atoms with Gasteiger partial charge >= 0.3 is 6.03 Å². The van der Waals surface area contributed by atoms with Gasteiger partial charge in [0.25, 0.3) is 0 Å². The molecule has 2 N–H and O–H groups in total. The van der Waals surface area contributed by atoms with Crippen LogP contribution in [0.15, 0.2) is 12.3 Å². The van der Waals surface area contributed by atoms with Crippen molar-refractivity contribution in [3.63, 3.8) is 0 Å². The van der Waals surface area contributed by atoms with Crippen LogP contribution in [0.4, 0.5) is 4.79 Å². The lowest BCUT2D eigenvalue weighted by atomic mass is 9.95. The molecule has 0 aromatic carbocycles. The molecule has 2 atom stereocenters. The van der Waals surface area contributed by atoms with Crippen LogP contribution in [-0.2, 0) is 0 Å². The Hall–Kier alpha value is -1.56. The fraction of sp³-hybridized carbons (Fsp3) is 0.789. The molecule has 3 heterocycles. The maximum absolute atomic E-state index is 12.6. The van der Waals surface area contributed by atoms with Crippen LogP contribution in [0.5, 0.6) is 0 Å². The highest BCUT2D eigenvalue weighted by atomic mass is 16.2. The average molecular weight is 348 g/mol. The van der Waals surface area contributed by atoms with Gasteiger partial charge in [-0.1, -0.05) is 13.8 Å². The van der Waals surface area contributed by atoms with Crippen molar-refractivity contribution in [3.8, 4) is 0 Å². The van der Waals surface area contributed by atoms with Gasteiger partial charge < -0.3 is 15.1 Å². The number of hydrogen-bond acceptors (Lipinski definition) is 3. The molecular formula is C19H33N5O. The van der Waals surface area contributed by atoms with Crippen molar-refractivity contribution in [1.29, 1.82) is 0 Å².